The van der Waals surface area contributed by atoms with E-state index in [0.717, 1.165) is 82.6 Å². The Bertz CT molecular complexity index is 1190. The van der Waals surface area contributed by atoms with Gasteiger partial charge in [0, 0.05) is 12.1 Å². The molecule has 1 aromatic rings. The van der Waals surface area contributed by atoms with Gasteiger partial charge in [-0.05, 0) is 108 Å². The molecular formula is C27H40N4O6S2. The van der Waals surface area contributed by atoms with Crippen LogP contribution >= 0.6 is 0 Å². The fraction of sp³-hybridized carbons (Fsp3) is 0.852. The van der Waals surface area contributed by atoms with Gasteiger partial charge in [0.15, 0.2) is 0 Å². The maximum Gasteiger partial charge on any atom is 0.223 e. The molecule has 7 rings (SSSR count). The second-order valence-corrected chi connectivity index (χ2v) is 17.0. The minimum absolute atomic E-state index is 0.00333. The number of aromatic nitrogens is 2. The van der Waals surface area contributed by atoms with Gasteiger partial charge in [-0.3, -0.25) is 0 Å². The third-order valence-electron chi connectivity index (χ3n) is 10.2. The molecule has 12 heteroatoms. The van der Waals surface area contributed by atoms with Crippen molar-refractivity contribution in [2.75, 3.05) is 0 Å². The Balaban J connectivity index is 0.970. The molecule has 10 nitrogen and oxygen atoms in total. The van der Waals surface area contributed by atoms with Crippen LogP contribution in [0.3, 0.4) is 0 Å². The number of hydrogen-bond acceptors (Lipinski definition) is 8. The van der Waals surface area contributed by atoms with Crippen molar-refractivity contribution in [3.8, 4) is 11.8 Å². The standard InChI is InChI=1S/C27H40N4O6S2/c1-15-26(36-20-10-16-2-3-17(11-20)24(16)30-38(32,33)22-6-7-22)28-14-29-27(15)37-21-12-18-4-5-19(13-21)25(18)31-39(34,35)23-8-9-23/h14,16-25,30-31H,2-13H2,1H3/t16-,17-,18+,19+,20?,21?,24?,25?. The summed E-state index contributed by atoms with van der Waals surface area (Å²) in [5.41, 5.74) is 0.783. The summed E-state index contributed by atoms with van der Waals surface area (Å²) < 4.78 is 69.1. The van der Waals surface area contributed by atoms with E-state index in [1.165, 1.54) is 6.33 Å². The number of nitrogens with zero attached hydrogens (tertiary/aromatic N) is 2. The molecule has 1 heterocycles. The predicted octanol–water partition coefficient (Wildman–Crippen LogP) is 2.82. The number of ether oxygens (including phenoxy) is 2. The molecule has 0 unspecified atom stereocenters. The molecule has 4 atom stereocenters. The number of fused-ring (bicyclic) bond motifs is 4. The molecule has 1 aromatic heterocycles. The number of nitrogens with one attached hydrogen (secondary N) is 2. The highest BCUT2D eigenvalue weighted by molar-refractivity contribution is 7.90. The first-order chi connectivity index (χ1) is 18.7. The molecule has 0 aliphatic heterocycles. The van der Waals surface area contributed by atoms with Gasteiger partial charge in [-0.2, -0.15) is 0 Å². The molecule has 6 fully saturated rings. The third-order valence-corrected chi connectivity index (χ3v) is 14.1. The van der Waals surface area contributed by atoms with Gasteiger partial charge in [0.2, 0.25) is 31.8 Å². The molecular weight excluding hydrogens is 540 g/mol. The molecule has 6 aliphatic carbocycles. The molecule has 6 saturated carbocycles. The van der Waals surface area contributed by atoms with E-state index in [1.807, 2.05) is 6.92 Å². The van der Waals surface area contributed by atoms with Gasteiger partial charge in [0.25, 0.3) is 0 Å². The van der Waals surface area contributed by atoms with Gasteiger partial charge in [0.05, 0.1) is 16.1 Å². The zero-order valence-corrected chi connectivity index (χ0v) is 24.1. The van der Waals surface area contributed by atoms with E-state index in [-0.39, 0.29) is 34.8 Å². The average Bonchev–Trinajstić information content (AvgIpc) is 3.79. The van der Waals surface area contributed by atoms with Gasteiger partial charge in [0.1, 0.15) is 18.5 Å². The molecule has 0 aromatic carbocycles. The molecule has 39 heavy (non-hydrogen) atoms. The van der Waals surface area contributed by atoms with Gasteiger partial charge in [-0.15, -0.1) is 0 Å². The fourth-order valence-corrected chi connectivity index (χ4v) is 11.3. The Morgan fingerprint density at radius 2 is 1.00 bits per heavy atom. The van der Waals surface area contributed by atoms with E-state index in [9.17, 15) is 16.8 Å². The highest BCUT2D eigenvalue weighted by Gasteiger charge is 2.49. The summed E-state index contributed by atoms with van der Waals surface area (Å²) in [4.78, 5) is 8.84. The predicted molar refractivity (Wildman–Crippen MR) is 144 cm³/mol. The quantitative estimate of drug-likeness (QED) is 0.431. The Morgan fingerprint density at radius 1 is 0.641 bits per heavy atom. The summed E-state index contributed by atoms with van der Waals surface area (Å²) in [6.07, 6.45) is 12.0. The lowest BCUT2D eigenvalue weighted by Crippen LogP contribution is -2.48. The van der Waals surface area contributed by atoms with Crippen LogP contribution in [0.25, 0.3) is 0 Å². The summed E-state index contributed by atoms with van der Waals surface area (Å²) >= 11 is 0. The van der Waals surface area contributed by atoms with Crippen molar-refractivity contribution in [2.45, 2.75) is 119 Å². The Labute approximate surface area is 231 Å². The normalized spacial score (nSPS) is 38.1. The Morgan fingerprint density at radius 3 is 1.33 bits per heavy atom. The minimum Gasteiger partial charge on any atom is -0.474 e. The van der Waals surface area contributed by atoms with Crippen LogP contribution in [0.5, 0.6) is 11.8 Å². The number of sulfonamides is 2. The smallest absolute Gasteiger partial charge is 0.223 e. The second kappa shape index (κ2) is 9.80. The van der Waals surface area contributed by atoms with Gasteiger partial charge < -0.3 is 9.47 Å². The maximum atomic E-state index is 12.5. The SMILES string of the molecule is Cc1c(OC2C[C@H]3CC[C@H](C2)C3NS(=O)(=O)C2CC2)ncnc1OC1C[C@@H]2CC[C@@H](C1)C2NS(=O)(=O)C1CC1. The van der Waals surface area contributed by atoms with Gasteiger partial charge in [-0.25, -0.2) is 36.2 Å². The monoisotopic (exact) mass is 580 g/mol. The zero-order chi connectivity index (χ0) is 26.9. The van der Waals surface area contributed by atoms with Crippen molar-refractivity contribution < 1.29 is 26.3 Å². The van der Waals surface area contributed by atoms with Crippen molar-refractivity contribution in [1.82, 2.24) is 19.4 Å². The topological polar surface area (TPSA) is 137 Å². The molecule has 0 amide bonds. The molecule has 216 valence electrons. The first-order valence-electron chi connectivity index (χ1n) is 14.8. The lowest BCUT2D eigenvalue weighted by molar-refractivity contribution is 0.0876. The van der Waals surface area contributed by atoms with Crippen LogP contribution in [0.2, 0.25) is 0 Å². The van der Waals surface area contributed by atoms with E-state index in [0.29, 0.717) is 35.4 Å². The summed E-state index contributed by atoms with van der Waals surface area (Å²) in [6, 6.07) is 0.0557. The van der Waals surface area contributed by atoms with Crippen LogP contribution in [0.4, 0.5) is 0 Å². The lowest BCUT2D eigenvalue weighted by atomic mass is 9.83. The molecule has 0 radical (unpaired) electrons. The van der Waals surface area contributed by atoms with Crippen molar-refractivity contribution in [2.24, 2.45) is 23.7 Å². The van der Waals surface area contributed by atoms with Crippen LogP contribution in [0, 0.1) is 30.6 Å². The van der Waals surface area contributed by atoms with Gasteiger partial charge in [-0.1, -0.05) is 0 Å². The Hall–Kier alpha value is -1.50. The first kappa shape index (κ1) is 26.4. The molecule has 6 aliphatic rings. The van der Waals surface area contributed by atoms with Crippen molar-refractivity contribution >= 4 is 20.0 Å². The van der Waals surface area contributed by atoms with Crippen LogP contribution in [-0.4, -0.2) is 61.6 Å². The zero-order valence-electron chi connectivity index (χ0n) is 22.5. The van der Waals surface area contributed by atoms with Gasteiger partial charge >= 0.3 is 0 Å². The van der Waals surface area contributed by atoms with E-state index in [2.05, 4.69) is 19.4 Å². The lowest BCUT2D eigenvalue weighted by Gasteiger charge is -2.36. The summed E-state index contributed by atoms with van der Waals surface area (Å²) in [7, 11) is -6.39. The van der Waals surface area contributed by atoms with E-state index >= 15 is 0 Å². The third kappa shape index (κ3) is 5.30. The van der Waals surface area contributed by atoms with Crippen molar-refractivity contribution in [3.05, 3.63) is 11.9 Å². The molecule has 2 N–H and O–H groups in total. The summed E-state index contributed by atoms with van der Waals surface area (Å²) in [5, 5.41) is -0.379. The summed E-state index contributed by atoms with van der Waals surface area (Å²) in [6.45, 7) is 1.93. The Kier molecular flexibility index (Phi) is 6.64. The van der Waals surface area contributed by atoms with Crippen molar-refractivity contribution in [3.63, 3.8) is 0 Å². The van der Waals surface area contributed by atoms with E-state index in [1.54, 1.807) is 0 Å². The fourth-order valence-electron chi connectivity index (χ4n) is 7.82. The maximum absolute atomic E-state index is 12.5. The minimum atomic E-state index is -3.19. The van der Waals surface area contributed by atoms with E-state index < -0.39 is 20.0 Å². The summed E-state index contributed by atoms with van der Waals surface area (Å²) in [5.74, 6) is 2.25. The first-order valence-corrected chi connectivity index (χ1v) is 17.9. The van der Waals surface area contributed by atoms with Crippen LogP contribution in [-0.2, 0) is 20.0 Å². The van der Waals surface area contributed by atoms with Crippen LogP contribution in [0.1, 0.15) is 82.6 Å². The molecule has 0 spiro atoms. The number of hydrogen-bond donors (Lipinski definition) is 2. The number of rotatable bonds is 10. The molecule has 0 saturated heterocycles. The average molecular weight is 581 g/mol. The second-order valence-electron chi connectivity index (χ2n) is 13.0. The largest absolute Gasteiger partial charge is 0.474 e. The van der Waals surface area contributed by atoms with Crippen LogP contribution < -0.4 is 18.9 Å². The van der Waals surface area contributed by atoms with Crippen molar-refractivity contribution in [1.29, 1.82) is 0 Å². The van der Waals surface area contributed by atoms with Crippen LogP contribution in [0.15, 0.2) is 6.33 Å². The molecule has 4 bridgehead atoms. The highest BCUT2D eigenvalue weighted by atomic mass is 32.2. The highest BCUT2D eigenvalue weighted by Crippen LogP contribution is 2.46. The van der Waals surface area contributed by atoms with E-state index in [4.69, 9.17) is 9.47 Å².